The first-order valence-corrected chi connectivity index (χ1v) is 12.4. The maximum atomic E-state index is 10.5. The van der Waals surface area contributed by atoms with Crippen LogP contribution in [0, 0.1) is 0 Å². The van der Waals surface area contributed by atoms with Gasteiger partial charge in [0.05, 0.1) is 12.0 Å². The summed E-state index contributed by atoms with van der Waals surface area (Å²) in [5, 5.41) is 3.29. The minimum Gasteiger partial charge on any atom is -0.463 e. The molecule has 0 saturated heterocycles. The van der Waals surface area contributed by atoms with Gasteiger partial charge < -0.3 is 9.73 Å². The molecule has 2 N–H and O–H groups in total. The lowest BCUT2D eigenvalue weighted by Crippen LogP contribution is -2.17. The summed E-state index contributed by atoms with van der Waals surface area (Å²) in [5.41, 5.74) is 5.26. The Morgan fingerprint density at radius 1 is 1.06 bits per heavy atom. The van der Waals surface area contributed by atoms with Gasteiger partial charge in [-0.1, -0.05) is 56.5 Å². The molecule has 2 aromatic heterocycles. The fourth-order valence-corrected chi connectivity index (χ4v) is 3.88. The lowest BCUT2D eigenvalue weighted by Gasteiger charge is -2.11. The fraction of sp³-hybridized carbons (Fsp3) is 0.400. The molecular weight excluding hydrogens is 423 g/mol. The Hall–Kier alpha value is -2.37. The van der Waals surface area contributed by atoms with Gasteiger partial charge in [0.15, 0.2) is 5.76 Å². The summed E-state index contributed by atoms with van der Waals surface area (Å²) in [7, 11) is -2.52. The predicted octanol–water partition coefficient (Wildman–Crippen LogP) is 6.28. The number of hydrogen-bond acceptors (Lipinski definition) is 5. The summed E-state index contributed by atoms with van der Waals surface area (Å²) in [6, 6.07) is 16.7. The molecule has 1 atom stereocenters. The van der Waals surface area contributed by atoms with Gasteiger partial charge in [-0.2, -0.15) is 0 Å². The second-order valence-corrected chi connectivity index (χ2v) is 8.52. The summed E-state index contributed by atoms with van der Waals surface area (Å²) in [6.07, 6.45) is 8.51. The Morgan fingerprint density at radius 2 is 1.91 bits per heavy atom. The largest absolute Gasteiger partial charge is 0.694 e. The van der Waals surface area contributed by atoms with E-state index >= 15 is 0 Å². The third-order valence-electron chi connectivity index (χ3n) is 5.30. The van der Waals surface area contributed by atoms with Crippen LogP contribution in [0.2, 0.25) is 0 Å². The van der Waals surface area contributed by atoms with Crippen molar-refractivity contribution in [1.82, 2.24) is 10.3 Å². The summed E-state index contributed by atoms with van der Waals surface area (Å²) in [4.78, 5) is 13.5. The van der Waals surface area contributed by atoms with Gasteiger partial charge in [0.2, 0.25) is 0 Å². The normalized spacial score (nSPS) is 11.6. The molecule has 6 nitrogen and oxygen atoms in total. The standard InChI is InChI=1S/C25H31N2O4P/c1-2-3-4-5-8-20-10-12-21(13-11-20)23-15-14-22(19-26-16-7-18-31-32(28)29)27-25(23)24-9-6-17-30-24/h6,9-15,17,26H,2-5,7-8,16,18-19H2,1H3/p+1. The van der Waals surface area contributed by atoms with Crippen LogP contribution in [-0.4, -0.2) is 23.0 Å². The summed E-state index contributed by atoms with van der Waals surface area (Å²) >= 11 is 0. The van der Waals surface area contributed by atoms with Crippen molar-refractivity contribution < 1.29 is 18.4 Å². The van der Waals surface area contributed by atoms with Gasteiger partial charge in [-0.3, -0.25) is 0 Å². The molecule has 0 bridgehead atoms. The van der Waals surface area contributed by atoms with Gasteiger partial charge >= 0.3 is 8.25 Å². The average molecular weight is 456 g/mol. The van der Waals surface area contributed by atoms with Crippen molar-refractivity contribution >= 4 is 8.25 Å². The van der Waals surface area contributed by atoms with E-state index in [-0.39, 0.29) is 6.61 Å². The lowest BCUT2D eigenvalue weighted by molar-refractivity contribution is 0.276. The molecule has 32 heavy (non-hydrogen) atoms. The Morgan fingerprint density at radius 3 is 2.62 bits per heavy atom. The third-order valence-corrected chi connectivity index (χ3v) is 5.70. The van der Waals surface area contributed by atoms with Crippen LogP contribution in [-0.2, 0) is 22.1 Å². The summed E-state index contributed by atoms with van der Waals surface area (Å²) in [5.74, 6) is 0.741. The predicted molar refractivity (Wildman–Crippen MR) is 127 cm³/mol. The highest BCUT2D eigenvalue weighted by Crippen LogP contribution is 2.31. The molecule has 0 aliphatic rings. The lowest BCUT2D eigenvalue weighted by atomic mass is 9.99. The van der Waals surface area contributed by atoms with Crippen LogP contribution in [0.3, 0.4) is 0 Å². The molecule has 7 heteroatoms. The Kier molecular flexibility index (Phi) is 10.0. The summed E-state index contributed by atoms with van der Waals surface area (Å²) in [6.45, 7) is 3.75. The van der Waals surface area contributed by atoms with Crippen LogP contribution < -0.4 is 5.32 Å². The first kappa shape index (κ1) is 24.3. The molecule has 3 aromatic rings. The van der Waals surface area contributed by atoms with Crippen LogP contribution in [0.25, 0.3) is 22.6 Å². The smallest absolute Gasteiger partial charge is 0.463 e. The Bertz CT molecular complexity index is 959. The number of hydrogen-bond donors (Lipinski definition) is 2. The zero-order valence-corrected chi connectivity index (χ0v) is 19.5. The number of aryl methyl sites for hydroxylation is 1. The van der Waals surface area contributed by atoms with E-state index < -0.39 is 8.25 Å². The number of benzene rings is 1. The van der Waals surface area contributed by atoms with E-state index in [0.717, 1.165) is 34.7 Å². The first-order valence-electron chi connectivity index (χ1n) is 11.3. The molecule has 3 rings (SSSR count). The number of pyridine rings is 1. The van der Waals surface area contributed by atoms with Gasteiger partial charge in [0.1, 0.15) is 12.3 Å². The quantitative estimate of drug-likeness (QED) is 0.220. The topological polar surface area (TPSA) is 84.6 Å². The van der Waals surface area contributed by atoms with Gasteiger partial charge in [0.25, 0.3) is 0 Å². The van der Waals surface area contributed by atoms with E-state index in [9.17, 15) is 4.57 Å². The van der Waals surface area contributed by atoms with Crippen molar-refractivity contribution in [2.45, 2.75) is 52.0 Å². The van der Waals surface area contributed by atoms with Crippen molar-refractivity contribution in [3.8, 4) is 22.6 Å². The molecule has 170 valence electrons. The average Bonchev–Trinajstić information content (AvgIpc) is 3.34. The molecule has 0 fully saturated rings. The number of nitrogens with one attached hydrogen (secondary N) is 1. The van der Waals surface area contributed by atoms with Crippen LogP contribution in [0.1, 0.15) is 50.3 Å². The molecule has 0 spiro atoms. The fourth-order valence-electron chi connectivity index (χ4n) is 3.60. The van der Waals surface area contributed by atoms with Crippen molar-refractivity contribution in [2.24, 2.45) is 0 Å². The highest BCUT2D eigenvalue weighted by atomic mass is 31.1. The first-order chi connectivity index (χ1) is 15.7. The van der Waals surface area contributed by atoms with E-state index in [2.05, 4.69) is 47.1 Å². The highest BCUT2D eigenvalue weighted by molar-refractivity contribution is 7.32. The van der Waals surface area contributed by atoms with Crippen LogP contribution in [0.4, 0.5) is 0 Å². The van der Waals surface area contributed by atoms with E-state index in [1.807, 2.05) is 18.2 Å². The van der Waals surface area contributed by atoms with Crippen LogP contribution in [0.15, 0.2) is 59.2 Å². The molecule has 0 saturated carbocycles. The van der Waals surface area contributed by atoms with Gasteiger partial charge in [-0.25, -0.2) is 4.98 Å². The number of nitrogens with zero attached hydrogens (tertiary/aromatic N) is 1. The van der Waals surface area contributed by atoms with Crippen molar-refractivity contribution in [3.05, 3.63) is 66.1 Å². The minimum atomic E-state index is -2.52. The molecule has 1 aromatic carbocycles. The van der Waals surface area contributed by atoms with Crippen molar-refractivity contribution in [2.75, 3.05) is 13.2 Å². The maximum absolute atomic E-state index is 10.5. The maximum Gasteiger partial charge on any atom is 0.694 e. The van der Waals surface area contributed by atoms with Gasteiger partial charge in [0, 0.05) is 16.7 Å². The molecule has 2 heterocycles. The van der Waals surface area contributed by atoms with Gasteiger partial charge in [-0.15, -0.1) is 9.42 Å². The van der Waals surface area contributed by atoms with E-state index in [1.54, 1.807) is 6.26 Å². The third kappa shape index (κ3) is 7.64. The second kappa shape index (κ2) is 13.2. The molecular formula is C25H32N2O4P+. The van der Waals surface area contributed by atoms with Crippen molar-refractivity contribution in [3.63, 3.8) is 0 Å². The van der Waals surface area contributed by atoms with E-state index in [1.165, 1.54) is 31.2 Å². The van der Waals surface area contributed by atoms with Crippen molar-refractivity contribution in [1.29, 1.82) is 0 Å². The minimum absolute atomic E-state index is 0.247. The van der Waals surface area contributed by atoms with Crippen LogP contribution in [0.5, 0.6) is 0 Å². The Labute approximate surface area is 191 Å². The number of aromatic nitrogens is 1. The van der Waals surface area contributed by atoms with E-state index in [0.29, 0.717) is 19.5 Å². The number of rotatable bonds is 14. The number of unbranched alkanes of at least 4 members (excludes halogenated alkanes) is 3. The molecule has 0 aliphatic heterocycles. The zero-order chi connectivity index (χ0) is 22.6. The molecule has 1 unspecified atom stereocenters. The van der Waals surface area contributed by atoms with Gasteiger partial charge in [-0.05, 0) is 55.1 Å². The summed E-state index contributed by atoms with van der Waals surface area (Å²) < 4.78 is 20.9. The van der Waals surface area contributed by atoms with Crippen LogP contribution >= 0.6 is 8.25 Å². The number of furan rings is 1. The molecule has 0 amide bonds. The SMILES string of the molecule is CCCCCCc1ccc(-c2ccc(CNCCCO[P+](=O)O)nc2-c2ccco2)cc1. The molecule has 0 aliphatic carbocycles. The monoisotopic (exact) mass is 455 g/mol. The van der Waals surface area contributed by atoms with E-state index in [4.69, 9.17) is 14.3 Å². The highest BCUT2D eigenvalue weighted by Gasteiger charge is 2.13. The molecule has 0 radical (unpaired) electrons. The Balaban J connectivity index is 1.67. The second-order valence-electron chi connectivity index (χ2n) is 7.79. The zero-order valence-electron chi connectivity index (χ0n) is 18.6.